The van der Waals surface area contributed by atoms with Crippen molar-refractivity contribution < 1.29 is 0 Å². The normalized spacial score (nSPS) is 9.77. The van der Waals surface area contributed by atoms with Gasteiger partial charge in [0.1, 0.15) is 0 Å². The SMILES string of the molecule is CCCc1ccccc1C=C(C)C. The van der Waals surface area contributed by atoms with E-state index in [4.69, 9.17) is 0 Å². The molecule has 0 spiro atoms. The molecular formula is C13H18. The average Bonchev–Trinajstić information content (AvgIpc) is 2.08. The summed E-state index contributed by atoms with van der Waals surface area (Å²) in [4.78, 5) is 0. The Balaban J connectivity index is 2.97. The van der Waals surface area contributed by atoms with Gasteiger partial charge in [0.2, 0.25) is 0 Å². The molecule has 0 aliphatic carbocycles. The van der Waals surface area contributed by atoms with E-state index in [0.717, 1.165) is 0 Å². The van der Waals surface area contributed by atoms with Crippen LogP contribution in [0.2, 0.25) is 0 Å². The van der Waals surface area contributed by atoms with E-state index in [2.05, 4.69) is 51.1 Å². The van der Waals surface area contributed by atoms with Crippen molar-refractivity contribution in [3.63, 3.8) is 0 Å². The summed E-state index contributed by atoms with van der Waals surface area (Å²) in [6, 6.07) is 8.64. The Morgan fingerprint density at radius 2 is 1.92 bits per heavy atom. The van der Waals surface area contributed by atoms with Crippen LogP contribution >= 0.6 is 0 Å². The summed E-state index contributed by atoms with van der Waals surface area (Å²) in [6.45, 7) is 6.50. The van der Waals surface area contributed by atoms with Crippen LogP contribution in [0.25, 0.3) is 6.08 Å². The predicted octanol–water partition coefficient (Wildman–Crippen LogP) is 4.06. The lowest BCUT2D eigenvalue weighted by Gasteiger charge is -2.04. The largest absolute Gasteiger partial charge is 0.0758 e. The number of benzene rings is 1. The maximum atomic E-state index is 2.25. The van der Waals surface area contributed by atoms with E-state index < -0.39 is 0 Å². The minimum absolute atomic E-state index is 1.18. The molecule has 1 aromatic carbocycles. The van der Waals surface area contributed by atoms with E-state index in [1.54, 1.807) is 0 Å². The third kappa shape index (κ3) is 3.06. The zero-order valence-electron chi connectivity index (χ0n) is 8.80. The van der Waals surface area contributed by atoms with Gasteiger partial charge in [-0.15, -0.1) is 0 Å². The molecule has 0 radical (unpaired) electrons. The highest BCUT2D eigenvalue weighted by atomic mass is 14.0. The molecule has 0 heteroatoms. The van der Waals surface area contributed by atoms with Crippen LogP contribution in [0.5, 0.6) is 0 Å². The monoisotopic (exact) mass is 174 g/mol. The van der Waals surface area contributed by atoms with Crippen molar-refractivity contribution >= 4 is 6.08 Å². The number of aryl methyl sites for hydroxylation is 1. The maximum absolute atomic E-state index is 2.25. The predicted molar refractivity (Wildman–Crippen MR) is 59.8 cm³/mol. The minimum Gasteiger partial charge on any atom is -0.0758 e. The summed E-state index contributed by atoms with van der Waals surface area (Å²) in [6.07, 6.45) is 4.65. The maximum Gasteiger partial charge on any atom is -0.0225 e. The number of rotatable bonds is 3. The van der Waals surface area contributed by atoms with Gasteiger partial charge < -0.3 is 0 Å². The smallest absolute Gasteiger partial charge is 0.0225 e. The fraction of sp³-hybridized carbons (Fsp3) is 0.385. The lowest BCUT2D eigenvalue weighted by Crippen LogP contribution is -1.87. The molecule has 0 saturated heterocycles. The number of hydrogen-bond donors (Lipinski definition) is 0. The number of hydrogen-bond acceptors (Lipinski definition) is 0. The van der Waals surface area contributed by atoms with Gasteiger partial charge in [0, 0.05) is 0 Å². The topological polar surface area (TPSA) is 0 Å². The Hall–Kier alpha value is -1.04. The highest BCUT2D eigenvalue weighted by Crippen LogP contribution is 2.14. The zero-order valence-corrected chi connectivity index (χ0v) is 8.80. The fourth-order valence-corrected chi connectivity index (χ4v) is 1.48. The molecule has 1 aromatic rings. The quantitative estimate of drug-likeness (QED) is 0.648. The van der Waals surface area contributed by atoms with Gasteiger partial charge in [0.05, 0.1) is 0 Å². The van der Waals surface area contributed by atoms with E-state index in [0.29, 0.717) is 0 Å². The second kappa shape index (κ2) is 4.86. The summed E-state index contributed by atoms with van der Waals surface area (Å²) in [5.41, 5.74) is 4.21. The van der Waals surface area contributed by atoms with Gasteiger partial charge >= 0.3 is 0 Å². The summed E-state index contributed by atoms with van der Waals surface area (Å²) in [7, 11) is 0. The molecule has 0 aliphatic rings. The van der Waals surface area contributed by atoms with Gasteiger partial charge in [0.25, 0.3) is 0 Å². The first-order chi connectivity index (χ1) is 6.24. The summed E-state index contributed by atoms with van der Waals surface area (Å²) < 4.78 is 0. The van der Waals surface area contributed by atoms with Gasteiger partial charge in [0.15, 0.2) is 0 Å². The van der Waals surface area contributed by atoms with Crippen LogP contribution < -0.4 is 0 Å². The van der Waals surface area contributed by atoms with E-state index in [9.17, 15) is 0 Å². The Bertz CT molecular complexity index is 291. The van der Waals surface area contributed by atoms with Crippen LogP contribution in [-0.2, 0) is 6.42 Å². The lowest BCUT2D eigenvalue weighted by atomic mass is 10.0. The molecule has 1 rings (SSSR count). The molecule has 70 valence electrons. The van der Waals surface area contributed by atoms with Gasteiger partial charge in [-0.05, 0) is 31.4 Å². The molecule has 0 aromatic heterocycles. The van der Waals surface area contributed by atoms with E-state index in [1.807, 2.05) is 0 Å². The second-order valence-corrected chi connectivity index (χ2v) is 3.67. The van der Waals surface area contributed by atoms with Gasteiger partial charge in [-0.2, -0.15) is 0 Å². The van der Waals surface area contributed by atoms with Crippen LogP contribution in [-0.4, -0.2) is 0 Å². The van der Waals surface area contributed by atoms with Crippen LogP contribution in [0.1, 0.15) is 38.3 Å². The van der Waals surface area contributed by atoms with Crippen molar-refractivity contribution in [3.05, 3.63) is 41.0 Å². The first-order valence-electron chi connectivity index (χ1n) is 4.97. The highest BCUT2D eigenvalue weighted by molar-refractivity contribution is 5.55. The standard InChI is InChI=1S/C13H18/c1-4-7-12-8-5-6-9-13(12)10-11(2)3/h5-6,8-10H,4,7H2,1-3H3. The van der Waals surface area contributed by atoms with Crippen molar-refractivity contribution in [1.82, 2.24) is 0 Å². The lowest BCUT2D eigenvalue weighted by molar-refractivity contribution is 0.919. The molecule has 0 bridgehead atoms. The highest BCUT2D eigenvalue weighted by Gasteiger charge is 1.96. The van der Waals surface area contributed by atoms with Crippen molar-refractivity contribution in [2.75, 3.05) is 0 Å². The Labute approximate surface area is 81.3 Å². The Morgan fingerprint density at radius 3 is 2.54 bits per heavy atom. The molecule has 0 fully saturated rings. The molecule has 0 heterocycles. The van der Waals surface area contributed by atoms with Crippen LogP contribution in [0.15, 0.2) is 29.8 Å². The third-order valence-electron chi connectivity index (χ3n) is 2.02. The first kappa shape index (κ1) is 10.0. The van der Waals surface area contributed by atoms with Gasteiger partial charge in [-0.1, -0.05) is 49.3 Å². The summed E-state index contributed by atoms with van der Waals surface area (Å²) in [5, 5.41) is 0. The molecule has 0 nitrogen and oxygen atoms in total. The van der Waals surface area contributed by atoms with Crippen LogP contribution in [0, 0.1) is 0 Å². The third-order valence-corrected chi connectivity index (χ3v) is 2.02. The van der Waals surface area contributed by atoms with Crippen molar-refractivity contribution in [1.29, 1.82) is 0 Å². The molecule has 0 unspecified atom stereocenters. The van der Waals surface area contributed by atoms with Gasteiger partial charge in [-0.25, -0.2) is 0 Å². The van der Waals surface area contributed by atoms with Crippen molar-refractivity contribution in [2.45, 2.75) is 33.6 Å². The first-order valence-corrected chi connectivity index (χ1v) is 4.97. The second-order valence-electron chi connectivity index (χ2n) is 3.67. The fourth-order valence-electron chi connectivity index (χ4n) is 1.48. The Kier molecular flexibility index (Phi) is 3.75. The zero-order chi connectivity index (χ0) is 9.68. The summed E-state index contributed by atoms with van der Waals surface area (Å²) in [5.74, 6) is 0. The molecule has 0 aliphatic heterocycles. The van der Waals surface area contributed by atoms with Crippen molar-refractivity contribution in [2.24, 2.45) is 0 Å². The molecule has 0 atom stereocenters. The number of allylic oxidation sites excluding steroid dienone is 1. The van der Waals surface area contributed by atoms with Gasteiger partial charge in [-0.3, -0.25) is 0 Å². The van der Waals surface area contributed by atoms with E-state index in [-0.39, 0.29) is 0 Å². The molecule has 13 heavy (non-hydrogen) atoms. The van der Waals surface area contributed by atoms with Crippen molar-refractivity contribution in [3.8, 4) is 0 Å². The average molecular weight is 174 g/mol. The molecule has 0 saturated carbocycles. The molecule has 0 amide bonds. The Morgan fingerprint density at radius 1 is 1.23 bits per heavy atom. The molecular weight excluding hydrogens is 156 g/mol. The summed E-state index contributed by atoms with van der Waals surface area (Å²) >= 11 is 0. The van der Waals surface area contributed by atoms with Crippen LogP contribution in [0.3, 0.4) is 0 Å². The van der Waals surface area contributed by atoms with E-state index in [1.165, 1.54) is 29.5 Å². The minimum atomic E-state index is 1.18. The van der Waals surface area contributed by atoms with E-state index >= 15 is 0 Å². The van der Waals surface area contributed by atoms with Crippen LogP contribution in [0.4, 0.5) is 0 Å². The molecule has 0 N–H and O–H groups in total.